The number of thioether (sulfide) groups is 1. The Kier molecular flexibility index (Phi) is 4.39. The number of rotatable bonds is 3. The number of morpholine rings is 1. The number of aromatic nitrogens is 1. The minimum absolute atomic E-state index is 0.167. The van der Waals surface area contributed by atoms with Crippen LogP contribution in [0.2, 0.25) is 0 Å². The SMILES string of the molecule is Cc1ccc(SCC(=O)N2CCOCC2)nc1. The van der Waals surface area contributed by atoms with E-state index in [4.69, 9.17) is 4.74 Å². The van der Waals surface area contributed by atoms with Gasteiger partial charge in [-0.25, -0.2) is 4.98 Å². The molecule has 1 aromatic heterocycles. The first kappa shape index (κ1) is 12.4. The van der Waals surface area contributed by atoms with Gasteiger partial charge in [0, 0.05) is 19.3 Å². The Labute approximate surface area is 105 Å². The standard InChI is InChI=1S/C12H16N2O2S/c1-10-2-3-11(13-8-10)17-9-12(15)14-4-6-16-7-5-14/h2-3,8H,4-7,9H2,1H3. The van der Waals surface area contributed by atoms with Crippen LogP contribution in [0, 0.1) is 6.92 Å². The summed E-state index contributed by atoms with van der Waals surface area (Å²) in [6.45, 7) is 4.72. The molecular formula is C12H16N2O2S. The zero-order chi connectivity index (χ0) is 12.1. The quantitative estimate of drug-likeness (QED) is 0.761. The van der Waals surface area contributed by atoms with Gasteiger partial charge in [-0.05, 0) is 18.6 Å². The molecule has 4 nitrogen and oxygen atoms in total. The Bertz CT molecular complexity index is 375. The molecule has 0 spiro atoms. The molecule has 2 rings (SSSR count). The Morgan fingerprint density at radius 1 is 1.47 bits per heavy atom. The van der Waals surface area contributed by atoms with Crippen molar-refractivity contribution in [1.82, 2.24) is 9.88 Å². The number of hydrogen-bond acceptors (Lipinski definition) is 4. The van der Waals surface area contributed by atoms with E-state index in [1.807, 2.05) is 30.2 Å². The third-order valence-corrected chi connectivity index (χ3v) is 3.52. The molecule has 0 N–H and O–H groups in total. The molecule has 0 radical (unpaired) electrons. The summed E-state index contributed by atoms with van der Waals surface area (Å²) >= 11 is 1.49. The molecule has 1 aliphatic rings. The van der Waals surface area contributed by atoms with E-state index in [1.165, 1.54) is 11.8 Å². The van der Waals surface area contributed by atoms with Crippen molar-refractivity contribution >= 4 is 17.7 Å². The maximum atomic E-state index is 11.9. The molecule has 0 unspecified atom stereocenters. The van der Waals surface area contributed by atoms with Crippen molar-refractivity contribution in [2.75, 3.05) is 32.1 Å². The van der Waals surface area contributed by atoms with Crippen LogP contribution in [0.3, 0.4) is 0 Å². The fourth-order valence-corrected chi connectivity index (χ4v) is 2.32. The van der Waals surface area contributed by atoms with Crippen LogP contribution in [0.4, 0.5) is 0 Å². The van der Waals surface area contributed by atoms with E-state index in [1.54, 1.807) is 0 Å². The number of pyridine rings is 1. The summed E-state index contributed by atoms with van der Waals surface area (Å²) in [4.78, 5) is 18.0. The first-order chi connectivity index (χ1) is 8.25. The molecule has 0 atom stereocenters. The van der Waals surface area contributed by atoms with Crippen LogP contribution in [0.1, 0.15) is 5.56 Å². The molecule has 1 amide bonds. The van der Waals surface area contributed by atoms with Crippen LogP contribution < -0.4 is 0 Å². The number of amides is 1. The number of carbonyl (C=O) groups is 1. The largest absolute Gasteiger partial charge is 0.378 e. The molecule has 0 aliphatic carbocycles. The van der Waals surface area contributed by atoms with Gasteiger partial charge in [0.1, 0.15) is 0 Å². The lowest BCUT2D eigenvalue weighted by atomic mass is 10.3. The second kappa shape index (κ2) is 6.02. The van der Waals surface area contributed by atoms with Gasteiger partial charge in [0.25, 0.3) is 0 Å². The summed E-state index contributed by atoms with van der Waals surface area (Å²) in [5.74, 6) is 0.622. The second-order valence-electron chi connectivity index (χ2n) is 3.96. The van der Waals surface area contributed by atoms with E-state index in [9.17, 15) is 4.79 Å². The topological polar surface area (TPSA) is 42.4 Å². The number of ether oxygens (including phenoxy) is 1. The first-order valence-electron chi connectivity index (χ1n) is 5.67. The first-order valence-corrected chi connectivity index (χ1v) is 6.65. The fraction of sp³-hybridized carbons (Fsp3) is 0.500. The Balaban J connectivity index is 1.81. The average Bonchev–Trinajstić information content (AvgIpc) is 2.39. The normalized spacial score (nSPS) is 15.9. The molecule has 2 heterocycles. The number of nitrogens with zero attached hydrogens (tertiary/aromatic N) is 2. The summed E-state index contributed by atoms with van der Waals surface area (Å²) in [6.07, 6.45) is 1.82. The van der Waals surface area contributed by atoms with Gasteiger partial charge in [-0.3, -0.25) is 4.79 Å². The van der Waals surface area contributed by atoms with E-state index < -0.39 is 0 Å². The molecular weight excluding hydrogens is 236 g/mol. The zero-order valence-corrected chi connectivity index (χ0v) is 10.7. The molecule has 1 aliphatic heterocycles. The maximum Gasteiger partial charge on any atom is 0.233 e. The molecule has 1 aromatic rings. The third-order valence-electron chi connectivity index (χ3n) is 2.59. The van der Waals surface area contributed by atoms with Gasteiger partial charge in [0.2, 0.25) is 5.91 Å². The summed E-state index contributed by atoms with van der Waals surface area (Å²) in [6, 6.07) is 3.96. The molecule has 5 heteroatoms. The van der Waals surface area contributed by atoms with Crippen LogP contribution in [-0.4, -0.2) is 47.8 Å². The van der Waals surface area contributed by atoms with Crippen molar-refractivity contribution in [2.45, 2.75) is 11.9 Å². The summed E-state index contributed by atoms with van der Waals surface area (Å²) in [5, 5.41) is 0.900. The summed E-state index contributed by atoms with van der Waals surface area (Å²) in [7, 11) is 0. The molecule has 1 saturated heterocycles. The third kappa shape index (κ3) is 3.71. The van der Waals surface area contributed by atoms with Crippen LogP contribution in [0.5, 0.6) is 0 Å². The van der Waals surface area contributed by atoms with E-state index in [0.29, 0.717) is 32.1 Å². The highest BCUT2D eigenvalue weighted by Crippen LogP contribution is 2.16. The van der Waals surface area contributed by atoms with Crippen molar-refractivity contribution in [3.05, 3.63) is 23.9 Å². The lowest BCUT2D eigenvalue weighted by Crippen LogP contribution is -2.41. The number of aryl methyl sites for hydroxylation is 1. The predicted octanol–water partition coefficient (Wildman–Crippen LogP) is 1.34. The van der Waals surface area contributed by atoms with Crippen LogP contribution in [0.25, 0.3) is 0 Å². The van der Waals surface area contributed by atoms with Crippen LogP contribution in [-0.2, 0) is 9.53 Å². The van der Waals surface area contributed by atoms with Gasteiger partial charge >= 0.3 is 0 Å². The van der Waals surface area contributed by atoms with Crippen molar-refractivity contribution in [3.8, 4) is 0 Å². The lowest BCUT2D eigenvalue weighted by Gasteiger charge is -2.26. The highest BCUT2D eigenvalue weighted by molar-refractivity contribution is 7.99. The Morgan fingerprint density at radius 2 is 2.24 bits per heavy atom. The van der Waals surface area contributed by atoms with Crippen molar-refractivity contribution in [1.29, 1.82) is 0 Å². The maximum absolute atomic E-state index is 11.9. The van der Waals surface area contributed by atoms with Crippen molar-refractivity contribution < 1.29 is 9.53 Å². The van der Waals surface area contributed by atoms with Gasteiger partial charge in [-0.1, -0.05) is 17.8 Å². The molecule has 92 valence electrons. The summed E-state index contributed by atoms with van der Waals surface area (Å²) < 4.78 is 5.21. The van der Waals surface area contributed by atoms with Gasteiger partial charge in [-0.2, -0.15) is 0 Å². The zero-order valence-electron chi connectivity index (χ0n) is 9.89. The van der Waals surface area contributed by atoms with E-state index >= 15 is 0 Å². The minimum atomic E-state index is 0.167. The Morgan fingerprint density at radius 3 is 2.88 bits per heavy atom. The van der Waals surface area contributed by atoms with Crippen LogP contribution in [0.15, 0.2) is 23.4 Å². The van der Waals surface area contributed by atoms with Crippen LogP contribution >= 0.6 is 11.8 Å². The lowest BCUT2D eigenvalue weighted by molar-refractivity contribution is -0.132. The molecule has 1 fully saturated rings. The fourth-order valence-electron chi connectivity index (χ4n) is 1.58. The molecule has 17 heavy (non-hydrogen) atoms. The molecule has 0 saturated carbocycles. The van der Waals surface area contributed by atoms with Gasteiger partial charge in [-0.15, -0.1) is 0 Å². The van der Waals surface area contributed by atoms with Crippen molar-refractivity contribution in [3.63, 3.8) is 0 Å². The molecule has 0 aromatic carbocycles. The molecule has 0 bridgehead atoms. The smallest absolute Gasteiger partial charge is 0.233 e. The van der Waals surface area contributed by atoms with Gasteiger partial charge in [0.05, 0.1) is 24.0 Å². The summed E-state index contributed by atoms with van der Waals surface area (Å²) in [5.41, 5.74) is 1.13. The Hall–Kier alpha value is -1.07. The highest BCUT2D eigenvalue weighted by Gasteiger charge is 2.16. The monoisotopic (exact) mass is 252 g/mol. The van der Waals surface area contributed by atoms with E-state index in [-0.39, 0.29) is 5.91 Å². The van der Waals surface area contributed by atoms with Gasteiger partial charge in [0.15, 0.2) is 0 Å². The highest BCUT2D eigenvalue weighted by atomic mass is 32.2. The van der Waals surface area contributed by atoms with E-state index in [2.05, 4.69) is 4.98 Å². The minimum Gasteiger partial charge on any atom is -0.378 e. The average molecular weight is 252 g/mol. The predicted molar refractivity (Wildman–Crippen MR) is 67.1 cm³/mol. The number of hydrogen-bond donors (Lipinski definition) is 0. The second-order valence-corrected chi connectivity index (χ2v) is 4.95. The van der Waals surface area contributed by atoms with Gasteiger partial charge < -0.3 is 9.64 Å². The number of carbonyl (C=O) groups excluding carboxylic acids is 1. The van der Waals surface area contributed by atoms with Crippen molar-refractivity contribution in [2.24, 2.45) is 0 Å². The van der Waals surface area contributed by atoms with E-state index in [0.717, 1.165) is 10.6 Å².